The summed E-state index contributed by atoms with van der Waals surface area (Å²) in [6.07, 6.45) is 5.17. The molecule has 24 heavy (non-hydrogen) atoms. The van der Waals surface area contributed by atoms with E-state index in [4.69, 9.17) is 4.74 Å². The first-order chi connectivity index (χ1) is 11.7. The zero-order valence-corrected chi connectivity index (χ0v) is 14.2. The van der Waals surface area contributed by atoms with Crippen LogP contribution in [-0.4, -0.2) is 66.5 Å². The number of nitrogens with zero attached hydrogens (tertiary/aromatic N) is 3. The van der Waals surface area contributed by atoms with Gasteiger partial charge in [-0.05, 0) is 37.3 Å². The Morgan fingerprint density at radius 1 is 1.38 bits per heavy atom. The van der Waals surface area contributed by atoms with Gasteiger partial charge in [0.15, 0.2) is 0 Å². The van der Waals surface area contributed by atoms with E-state index in [0.29, 0.717) is 25.1 Å². The van der Waals surface area contributed by atoms with E-state index in [9.17, 15) is 9.59 Å². The molecule has 0 spiro atoms. The Kier molecular flexibility index (Phi) is 5.45. The molecule has 0 aliphatic carbocycles. The SMILES string of the molecule is COCCN1C[C@H](Cc2cc(C(=O)N3CCCC3)ccn2)CC1=O. The number of pyridine rings is 1. The number of rotatable bonds is 6. The van der Waals surface area contributed by atoms with Crippen LogP contribution in [0, 0.1) is 5.92 Å². The van der Waals surface area contributed by atoms with Gasteiger partial charge in [0.05, 0.1) is 6.61 Å². The van der Waals surface area contributed by atoms with E-state index in [1.807, 2.05) is 15.9 Å². The number of likely N-dealkylation sites (tertiary alicyclic amines) is 2. The van der Waals surface area contributed by atoms with Gasteiger partial charge in [-0.3, -0.25) is 14.6 Å². The number of carbonyl (C=O) groups is 2. The second-order valence-corrected chi connectivity index (χ2v) is 6.64. The Hall–Kier alpha value is -1.95. The molecule has 2 amide bonds. The highest BCUT2D eigenvalue weighted by molar-refractivity contribution is 5.94. The summed E-state index contributed by atoms with van der Waals surface area (Å²) in [5.41, 5.74) is 1.61. The van der Waals surface area contributed by atoms with Crippen LogP contribution >= 0.6 is 0 Å². The first kappa shape index (κ1) is 16.9. The third kappa shape index (κ3) is 3.93. The summed E-state index contributed by atoms with van der Waals surface area (Å²) in [5, 5.41) is 0. The fourth-order valence-electron chi connectivity index (χ4n) is 3.53. The summed E-state index contributed by atoms with van der Waals surface area (Å²) in [5.74, 6) is 0.542. The average Bonchev–Trinajstić information content (AvgIpc) is 3.22. The smallest absolute Gasteiger partial charge is 0.253 e. The molecule has 3 heterocycles. The largest absolute Gasteiger partial charge is 0.383 e. The third-order valence-corrected chi connectivity index (χ3v) is 4.81. The Bertz CT molecular complexity index is 599. The Morgan fingerprint density at radius 2 is 2.17 bits per heavy atom. The standard InChI is InChI=1S/C18H25N3O3/c1-24-9-8-21-13-14(11-17(21)22)10-16-12-15(4-5-19-16)18(23)20-6-2-3-7-20/h4-5,12,14H,2-3,6-11,13H2,1H3/t14-/m1/s1. The number of hydrogen-bond donors (Lipinski definition) is 0. The van der Waals surface area contributed by atoms with Gasteiger partial charge in [-0.25, -0.2) is 0 Å². The van der Waals surface area contributed by atoms with Crippen LogP contribution in [0.25, 0.3) is 0 Å². The Labute approximate surface area is 142 Å². The quantitative estimate of drug-likeness (QED) is 0.789. The minimum Gasteiger partial charge on any atom is -0.383 e. The average molecular weight is 331 g/mol. The minimum atomic E-state index is 0.0976. The molecule has 2 aliphatic rings. The molecule has 0 aromatic carbocycles. The molecule has 1 aromatic rings. The summed E-state index contributed by atoms with van der Waals surface area (Å²) < 4.78 is 5.05. The highest BCUT2D eigenvalue weighted by Gasteiger charge is 2.29. The van der Waals surface area contributed by atoms with Gasteiger partial charge in [-0.1, -0.05) is 0 Å². The van der Waals surface area contributed by atoms with Gasteiger partial charge in [-0.15, -0.1) is 0 Å². The molecule has 0 bridgehead atoms. The summed E-state index contributed by atoms with van der Waals surface area (Å²) in [7, 11) is 1.64. The van der Waals surface area contributed by atoms with E-state index in [1.54, 1.807) is 19.4 Å². The molecule has 2 saturated heterocycles. The first-order valence-electron chi connectivity index (χ1n) is 8.68. The molecular formula is C18H25N3O3. The summed E-state index contributed by atoms with van der Waals surface area (Å²) in [6.45, 7) is 3.65. The fourth-order valence-corrected chi connectivity index (χ4v) is 3.53. The van der Waals surface area contributed by atoms with Gasteiger partial charge in [0, 0.05) is 57.2 Å². The molecule has 0 N–H and O–H groups in total. The van der Waals surface area contributed by atoms with Crippen LogP contribution in [0.4, 0.5) is 0 Å². The maximum absolute atomic E-state index is 12.5. The molecule has 2 aliphatic heterocycles. The molecule has 6 nitrogen and oxygen atoms in total. The lowest BCUT2D eigenvalue weighted by Gasteiger charge is -2.17. The van der Waals surface area contributed by atoms with Crippen LogP contribution in [0.2, 0.25) is 0 Å². The molecule has 1 atom stereocenters. The highest BCUT2D eigenvalue weighted by Crippen LogP contribution is 2.22. The molecule has 0 unspecified atom stereocenters. The Balaban J connectivity index is 1.60. The van der Waals surface area contributed by atoms with Crippen molar-refractivity contribution in [3.8, 4) is 0 Å². The normalized spacial score (nSPS) is 20.9. The van der Waals surface area contributed by atoms with Crippen molar-refractivity contribution in [2.75, 3.05) is 39.9 Å². The predicted molar refractivity (Wildman–Crippen MR) is 89.6 cm³/mol. The number of methoxy groups -OCH3 is 1. The van der Waals surface area contributed by atoms with Crippen molar-refractivity contribution in [3.63, 3.8) is 0 Å². The van der Waals surface area contributed by atoms with E-state index in [-0.39, 0.29) is 17.7 Å². The number of amides is 2. The van der Waals surface area contributed by atoms with Crippen LogP contribution in [0.15, 0.2) is 18.3 Å². The van der Waals surface area contributed by atoms with Crippen LogP contribution in [0.3, 0.4) is 0 Å². The molecule has 130 valence electrons. The van der Waals surface area contributed by atoms with Gasteiger partial charge in [0.2, 0.25) is 5.91 Å². The van der Waals surface area contributed by atoms with E-state index < -0.39 is 0 Å². The van der Waals surface area contributed by atoms with Crippen molar-refractivity contribution in [3.05, 3.63) is 29.6 Å². The van der Waals surface area contributed by atoms with Crippen molar-refractivity contribution in [1.82, 2.24) is 14.8 Å². The highest BCUT2D eigenvalue weighted by atomic mass is 16.5. The molecule has 6 heteroatoms. The number of carbonyl (C=O) groups excluding carboxylic acids is 2. The van der Waals surface area contributed by atoms with Crippen LogP contribution in [0.5, 0.6) is 0 Å². The molecule has 1 aromatic heterocycles. The lowest BCUT2D eigenvalue weighted by atomic mass is 10.0. The first-order valence-corrected chi connectivity index (χ1v) is 8.68. The van der Waals surface area contributed by atoms with Crippen LogP contribution < -0.4 is 0 Å². The number of aromatic nitrogens is 1. The summed E-state index contributed by atoms with van der Waals surface area (Å²) in [6, 6.07) is 3.68. The summed E-state index contributed by atoms with van der Waals surface area (Å²) in [4.78, 5) is 32.7. The van der Waals surface area contributed by atoms with Gasteiger partial charge >= 0.3 is 0 Å². The lowest BCUT2D eigenvalue weighted by Crippen LogP contribution is -2.29. The monoisotopic (exact) mass is 331 g/mol. The van der Waals surface area contributed by atoms with E-state index in [2.05, 4.69) is 4.98 Å². The minimum absolute atomic E-state index is 0.0976. The maximum Gasteiger partial charge on any atom is 0.253 e. The lowest BCUT2D eigenvalue weighted by molar-refractivity contribution is -0.128. The van der Waals surface area contributed by atoms with Crippen molar-refractivity contribution < 1.29 is 14.3 Å². The van der Waals surface area contributed by atoms with Crippen molar-refractivity contribution in [1.29, 1.82) is 0 Å². The molecular weight excluding hydrogens is 306 g/mol. The second-order valence-electron chi connectivity index (χ2n) is 6.64. The molecule has 2 fully saturated rings. The van der Waals surface area contributed by atoms with E-state index >= 15 is 0 Å². The van der Waals surface area contributed by atoms with Gasteiger partial charge < -0.3 is 14.5 Å². The van der Waals surface area contributed by atoms with Gasteiger partial charge in [0.1, 0.15) is 0 Å². The van der Waals surface area contributed by atoms with Crippen molar-refractivity contribution >= 4 is 11.8 Å². The third-order valence-electron chi connectivity index (χ3n) is 4.81. The zero-order chi connectivity index (χ0) is 16.9. The van der Waals surface area contributed by atoms with Crippen molar-refractivity contribution in [2.24, 2.45) is 5.92 Å². The second kappa shape index (κ2) is 7.75. The fraction of sp³-hybridized carbons (Fsp3) is 0.611. The topological polar surface area (TPSA) is 62.7 Å². The zero-order valence-electron chi connectivity index (χ0n) is 14.2. The molecule has 3 rings (SSSR count). The van der Waals surface area contributed by atoms with Crippen LogP contribution in [0.1, 0.15) is 35.3 Å². The van der Waals surface area contributed by atoms with E-state index in [0.717, 1.165) is 44.6 Å². The molecule has 0 saturated carbocycles. The van der Waals surface area contributed by atoms with Gasteiger partial charge in [0.25, 0.3) is 5.91 Å². The van der Waals surface area contributed by atoms with Crippen LogP contribution in [-0.2, 0) is 16.0 Å². The molecule has 0 radical (unpaired) electrons. The number of ether oxygens (including phenoxy) is 1. The van der Waals surface area contributed by atoms with E-state index in [1.165, 1.54) is 0 Å². The Morgan fingerprint density at radius 3 is 2.92 bits per heavy atom. The van der Waals surface area contributed by atoms with Gasteiger partial charge in [-0.2, -0.15) is 0 Å². The summed E-state index contributed by atoms with van der Waals surface area (Å²) >= 11 is 0. The van der Waals surface area contributed by atoms with Crippen molar-refractivity contribution in [2.45, 2.75) is 25.7 Å². The number of hydrogen-bond acceptors (Lipinski definition) is 4. The predicted octanol–water partition coefficient (Wildman–Crippen LogP) is 1.35. The maximum atomic E-state index is 12.5.